The molecule has 1 atom stereocenters. The minimum atomic E-state index is -0.299. The zero-order valence-electron chi connectivity index (χ0n) is 10.6. The molecular formula is C12H24N2OS. The van der Waals surface area contributed by atoms with Crippen LogP contribution in [0.5, 0.6) is 0 Å². The van der Waals surface area contributed by atoms with E-state index in [0.717, 1.165) is 31.6 Å². The molecule has 1 rings (SSSR count). The van der Waals surface area contributed by atoms with Crippen molar-refractivity contribution in [1.29, 1.82) is 0 Å². The Labute approximate surface area is 103 Å². The molecule has 0 aromatic rings. The quantitative estimate of drug-likeness (QED) is 0.741. The van der Waals surface area contributed by atoms with Crippen molar-refractivity contribution in [2.24, 2.45) is 11.7 Å². The van der Waals surface area contributed by atoms with Crippen LogP contribution in [-0.4, -0.2) is 41.4 Å². The Hall–Kier alpha value is -0.220. The molecular weight excluding hydrogens is 220 g/mol. The van der Waals surface area contributed by atoms with Gasteiger partial charge in [-0.05, 0) is 37.2 Å². The number of carbonyl (C=O) groups is 1. The van der Waals surface area contributed by atoms with Crippen LogP contribution >= 0.6 is 11.8 Å². The third-order valence-electron chi connectivity index (χ3n) is 2.78. The molecule has 0 bridgehead atoms. The fourth-order valence-electron chi connectivity index (χ4n) is 1.78. The Kier molecular flexibility index (Phi) is 5.62. The van der Waals surface area contributed by atoms with Crippen LogP contribution in [0.25, 0.3) is 0 Å². The Bertz CT molecular complexity index is 229. The van der Waals surface area contributed by atoms with Crippen molar-refractivity contribution < 1.29 is 4.79 Å². The predicted molar refractivity (Wildman–Crippen MR) is 70.5 cm³/mol. The molecule has 0 spiro atoms. The lowest BCUT2D eigenvalue weighted by Crippen LogP contribution is -2.46. The Morgan fingerprint density at radius 1 is 1.50 bits per heavy atom. The maximum absolute atomic E-state index is 12.2. The maximum Gasteiger partial charge on any atom is 0.239 e. The molecule has 1 saturated carbocycles. The SMILES string of the molecule is CSCC[C@H](N)C(=O)N(CC(C)C)C1CC1. The zero-order valence-corrected chi connectivity index (χ0v) is 11.4. The molecule has 0 unspecified atom stereocenters. The minimum Gasteiger partial charge on any atom is -0.338 e. The first-order chi connectivity index (χ1) is 7.56. The molecule has 0 radical (unpaired) electrons. The zero-order chi connectivity index (χ0) is 12.1. The van der Waals surface area contributed by atoms with E-state index < -0.39 is 0 Å². The summed E-state index contributed by atoms with van der Waals surface area (Å²) < 4.78 is 0. The summed E-state index contributed by atoms with van der Waals surface area (Å²) in [7, 11) is 0. The van der Waals surface area contributed by atoms with Gasteiger partial charge in [-0.25, -0.2) is 0 Å². The second kappa shape index (κ2) is 6.50. The number of nitrogens with two attached hydrogens (primary N) is 1. The smallest absolute Gasteiger partial charge is 0.239 e. The van der Waals surface area contributed by atoms with Crippen molar-refractivity contribution in [2.45, 2.75) is 45.2 Å². The maximum atomic E-state index is 12.2. The topological polar surface area (TPSA) is 46.3 Å². The average molecular weight is 244 g/mol. The highest BCUT2D eigenvalue weighted by molar-refractivity contribution is 7.98. The van der Waals surface area contributed by atoms with E-state index in [-0.39, 0.29) is 11.9 Å². The van der Waals surface area contributed by atoms with Gasteiger partial charge in [-0.2, -0.15) is 11.8 Å². The third-order valence-corrected chi connectivity index (χ3v) is 3.43. The summed E-state index contributed by atoms with van der Waals surface area (Å²) in [6.45, 7) is 5.16. The average Bonchev–Trinajstić information content (AvgIpc) is 3.05. The van der Waals surface area contributed by atoms with Gasteiger partial charge in [0, 0.05) is 12.6 Å². The summed E-state index contributed by atoms with van der Waals surface area (Å²) in [5.41, 5.74) is 5.94. The van der Waals surface area contributed by atoms with Crippen molar-refractivity contribution >= 4 is 17.7 Å². The lowest BCUT2D eigenvalue weighted by atomic mass is 10.1. The first kappa shape index (κ1) is 13.8. The van der Waals surface area contributed by atoms with Crippen molar-refractivity contribution in [2.75, 3.05) is 18.6 Å². The summed E-state index contributed by atoms with van der Waals surface area (Å²) in [5.74, 6) is 1.65. The van der Waals surface area contributed by atoms with Crippen LogP contribution in [0.4, 0.5) is 0 Å². The number of amides is 1. The van der Waals surface area contributed by atoms with E-state index in [1.54, 1.807) is 11.8 Å². The first-order valence-electron chi connectivity index (χ1n) is 6.11. The van der Waals surface area contributed by atoms with Crippen molar-refractivity contribution in [3.8, 4) is 0 Å². The molecule has 0 heterocycles. The van der Waals surface area contributed by atoms with Gasteiger partial charge in [0.15, 0.2) is 0 Å². The molecule has 0 saturated heterocycles. The molecule has 1 fully saturated rings. The van der Waals surface area contributed by atoms with Crippen molar-refractivity contribution in [1.82, 2.24) is 4.90 Å². The van der Waals surface area contributed by atoms with Crippen LogP contribution in [0.15, 0.2) is 0 Å². The predicted octanol–water partition coefficient (Wildman–Crippen LogP) is 1.71. The largest absolute Gasteiger partial charge is 0.338 e. The molecule has 1 aliphatic rings. The monoisotopic (exact) mass is 244 g/mol. The molecule has 1 aliphatic carbocycles. The van der Waals surface area contributed by atoms with Gasteiger partial charge < -0.3 is 10.6 Å². The Morgan fingerprint density at radius 2 is 2.12 bits per heavy atom. The van der Waals surface area contributed by atoms with E-state index in [9.17, 15) is 4.79 Å². The number of nitrogens with zero attached hydrogens (tertiary/aromatic N) is 1. The van der Waals surface area contributed by atoms with Gasteiger partial charge in [-0.1, -0.05) is 13.8 Å². The van der Waals surface area contributed by atoms with Gasteiger partial charge in [0.2, 0.25) is 5.91 Å². The lowest BCUT2D eigenvalue weighted by molar-refractivity contribution is -0.133. The molecule has 0 aliphatic heterocycles. The van der Waals surface area contributed by atoms with Crippen LogP contribution in [0, 0.1) is 5.92 Å². The fraction of sp³-hybridized carbons (Fsp3) is 0.917. The van der Waals surface area contributed by atoms with E-state index in [1.165, 1.54) is 0 Å². The summed E-state index contributed by atoms with van der Waals surface area (Å²) in [6, 6.07) is 0.182. The number of hydrogen-bond donors (Lipinski definition) is 1. The molecule has 0 aromatic carbocycles. The van der Waals surface area contributed by atoms with Crippen LogP contribution < -0.4 is 5.73 Å². The molecule has 16 heavy (non-hydrogen) atoms. The lowest BCUT2D eigenvalue weighted by Gasteiger charge is -2.27. The highest BCUT2D eigenvalue weighted by Crippen LogP contribution is 2.28. The third kappa shape index (κ3) is 4.34. The van der Waals surface area contributed by atoms with E-state index in [4.69, 9.17) is 5.73 Å². The molecule has 4 heteroatoms. The second-order valence-corrected chi connectivity index (χ2v) is 5.99. The van der Waals surface area contributed by atoms with Gasteiger partial charge >= 0.3 is 0 Å². The number of carbonyl (C=O) groups excluding carboxylic acids is 1. The van der Waals surface area contributed by atoms with Crippen molar-refractivity contribution in [3.05, 3.63) is 0 Å². The van der Waals surface area contributed by atoms with E-state index in [2.05, 4.69) is 13.8 Å². The van der Waals surface area contributed by atoms with Crippen molar-refractivity contribution in [3.63, 3.8) is 0 Å². The van der Waals surface area contributed by atoms with Crippen LogP contribution in [0.3, 0.4) is 0 Å². The van der Waals surface area contributed by atoms with E-state index in [0.29, 0.717) is 12.0 Å². The van der Waals surface area contributed by atoms with E-state index in [1.807, 2.05) is 11.2 Å². The number of rotatable bonds is 7. The fourth-order valence-corrected chi connectivity index (χ4v) is 2.27. The number of hydrogen-bond acceptors (Lipinski definition) is 3. The first-order valence-corrected chi connectivity index (χ1v) is 7.50. The van der Waals surface area contributed by atoms with Gasteiger partial charge in [0.05, 0.1) is 6.04 Å². The summed E-state index contributed by atoms with van der Waals surface area (Å²) in [4.78, 5) is 14.2. The standard InChI is InChI=1S/C12H24N2OS/c1-9(2)8-14(10-4-5-10)12(15)11(13)6-7-16-3/h9-11H,4-8,13H2,1-3H3/t11-/m0/s1. The van der Waals surface area contributed by atoms with Crippen LogP contribution in [-0.2, 0) is 4.79 Å². The highest BCUT2D eigenvalue weighted by Gasteiger charge is 2.34. The minimum absolute atomic E-state index is 0.158. The van der Waals surface area contributed by atoms with Gasteiger partial charge in [0.25, 0.3) is 0 Å². The van der Waals surface area contributed by atoms with Crippen LogP contribution in [0.2, 0.25) is 0 Å². The van der Waals surface area contributed by atoms with Gasteiger partial charge in [-0.15, -0.1) is 0 Å². The van der Waals surface area contributed by atoms with E-state index >= 15 is 0 Å². The normalized spacial score (nSPS) is 17.6. The molecule has 1 amide bonds. The second-order valence-electron chi connectivity index (χ2n) is 5.00. The molecule has 94 valence electrons. The summed E-state index contributed by atoms with van der Waals surface area (Å²) >= 11 is 1.75. The summed E-state index contributed by atoms with van der Waals surface area (Å²) in [5, 5.41) is 0. The molecule has 2 N–H and O–H groups in total. The Morgan fingerprint density at radius 3 is 2.56 bits per heavy atom. The molecule has 3 nitrogen and oxygen atoms in total. The highest BCUT2D eigenvalue weighted by atomic mass is 32.2. The Balaban J connectivity index is 2.46. The van der Waals surface area contributed by atoms with Gasteiger partial charge in [-0.3, -0.25) is 4.79 Å². The van der Waals surface area contributed by atoms with Crippen LogP contribution in [0.1, 0.15) is 33.1 Å². The summed E-state index contributed by atoms with van der Waals surface area (Å²) in [6.07, 6.45) is 5.16. The molecule has 0 aromatic heterocycles. The number of thioether (sulfide) groups is 1. The van der Waals surface area contributed by atoms with Gasteiger partial charge in [0.1, 0.15) is 0 Å².